The summed E-state index contributed by atoms with van der Waals surface area (Å²) in [6, 6.07) is 10.1. The van der Waals surface area contributed by atoms with Crippen LogP contribution in [0.4, 0.5) is 11.4 Å². The second-order valence-corrected chi connectivity index (χ2v) is 5.42. The Labute approximate surface area is 139 Å². The fourth-order valence-corrected chi connectivity index (χ4v) is 2.22. The van der Waals surface area contributed by atoms with Crippen molar-refractivity contribution in [2.45, 2.75) is 13.8 Å². The average Bonchev–Trinajstić information content (AvgIpc) is 2.50. The van der Waals surface area contributed by atoms with Gasteiger partial charge < -0.3 is 15.4 Å². The number of halogens is 1. The lowest BCUT2D eigenvalue weighted by Crippen LogP contribution is -2.14. The van der Waals surface area contributed by atoms with Gasteiger partial charge in [-0.05, 0) is 42.8 Å². The zero-order valence-corrected chi connectivity index (χ0v) is 13.8. The highest BCUT2D eigenvalue weighted by atomic mass is 35.5. The zero-order valence-electron chi connectivity index (χ0n) is 13.1. The van der Waals surface area contributed by atoms with E-state index in [1.807, 2.05) is 13.0 Å². The molecule has 0 aromatic heterocycles. The molecule has 0 aliphatic carbocycles. The number of benzene rings is 2. The highest BCUT2D eigenvalue weighted by Crippen LogP contribution is 2.25. The number of carbonyl (C=O) groups excluding carboxylic acids is 2. The van der Waals surface area contributed by atoms with Gasteiger partial charge in [0.15, 0.2) is 0 Å². The summed E-state index contributed by atoms with van der Waals surface area (Å²) in [6.07, 6.45) is 0. The Kier molecular flexibility index (Phi) is 5.24. The van der Waals surface area contributed by atoms with Crippen molar-refractivity contribution in [3.63, 3.8) is 0 Å². The molecule has 2 amide bonds. The molecular formula is C17H17ClN2O3. The lowest BCUT2D eigenvalue weighted by atomic mass is 10.1. The van der Waals surface area contributed by atoms with Crippen LogP contribution in [0.15, 0.2) is 36.4 Å². The maximum absolute atomic E-state index is 12.5. The Bertz CT molecular complexity index is 759. The largest absolute Gasteiger partial charge is 0.496 e. The SMILES string of the molecule is COc1ccc(NC(C)=O)cc1C(=O)Nc1ccc(C)c(Cl)c1. The number of ether oxygens (including phenoxy) is 1. The first-order valence-electron chi connectivity index (χ1n) is 6.94. The molecule has 5 nitrogen and oxygen atoms in total. The number of aryl methyl sites for hydroxylation is 1. The third-order valence-electron chi connectivity index (χ3n) is 3.19. The van der Waals surface area contributed by atoms with E-state index >= 15 is 0 Å². The van der Waals surface area contributed by atoms with Crippen molar-refractivity contribution < 1.29 is 14.3 Å². The van der Waals surface area contributed by atoms with Crippen molar-refractivity contribution >= 4 is 34.8 Å². The standard InChI is InChI=1S/C17H17ClN2O3/c1-10-4-5-13(9-15(10)18)20-17(22)14-8-12(19-11(2)21)6-7-16(14)23-3/h4-9H,1-3H3,(H,19,21)(H,20,22). The summed E-state index contributed by atoms with van der Waals surface area (Å²) in [7, 11) is 1.48. The van der Waals surface area contributed by atoms with Crippen LogP contribution in [0.5, 0.6) is 5.75 Å². The Morgan fingerprint density at radius 3 is 2.30 bits per heavy atom. The van der Waals surface area contributed by atoms with Gasteiger partial charge in [0.05, 0.1) is 12.7 Å². The van der Waals surface area contributed by atoms with Crippen molar-refractivity contribution in [1.82, 2.24) is 0 Å². The van der Waals surface area contributed by atoms with Crippen molar-refractivity contribution in [3.8, 4) is 5.75 Å². The predicted molar refractivity (Wildman–Crippen MR) is 91.4 cm³/mol. The number of amides is 2. The van der Waals surface area contributed by atoms with Gasteiger partial charge in [0.2, 0.25) is 5.91 Å². The highest BCUT2D eigenvalue weighted by Gasteiger charge is 2.14. The summed E-state index contributed by atoms with van der Waals surface area (Å²) in [5, 5.41) is 5.97. The third kappa shape index (κ3) is 4.23. The monoisotopic (exact) mass is 332 g/mol. The lowest BCUT2D eigenvalue weighted by molar-refractivity contribution is -0.114. The minimum Gasteiger partial charge on any atom is -0.496 e. The van der Waals surface area contributed by atoms with Gasteiger partial charge in [-0.3, -0.25) is 9.59 Å². The second kappa shape index (κ2) is 7.15. The Morgan fingerprint density at radius 1 is 1.04 bits per heavy atom. The molecule has 6 heteroatoms. The summed E-state index contributed by atoms with van der Waals surface area (Å²) in [6.45, 7) is 3.28. The molecule has 2 aromatic rings. The van der Waals surface area contributed by atoms with Crippen molar-refractivity contribution in [3.05, 3.63) is 52.5 Å². The molecule has 23 heavy (non-hydrogen) atoms. The molecule has 0 aliphatic rings. The number of methoxy groups -OCH3 is 1. The molecule has 120 valence electrons. The maximum atomic E-state index is 12.5. The second-order valence-electron chi connectivity index (χ2n) is 5.01. The van der Waals surface area contributed by atoms with E-state index in [0.717, 1.165) is 5.56 Å². The van der Waals surface area contributed by atoms with Gasteiger partial charge in [0.1, 0.15) is 5.75 Å². The van der Waals surface area contributed by atoms with Gasteiger partial charge in [-0.15, -0.1) is 0 Å². The van der Waals surface area contributed by atoms with Crippen LogP contribution in [0.3, 0.4) is 0 Å². The molecule has 0 saturated carbocycles. The fourth-order valence-electron chi connectivity index (χ4n) is 2.04. The number of anilines is 2. The third-order valence-corrected chi connectivity index (χ3v) is 3.60. The smallest absolute Gasteiger partial charge is 0.259 e. The molecule has 0 saturated heterocycles. The average molecular weight is 333 g/mol. The molecule has 0 unspecified atom stereocenters. The molecule has 2 aromatic carbocycles. The number of rotatable bonds is 4. The molecule has 0 radical (unpaired) electrons. The predicted octanol–water partition coefficient (Wildman–Crippen LogP) is 3.87. The van der Waals surface area contributed by atoms with Crippen LogP contribution < -0.4 is 15.4 Å². The molecular weight excluding hydrogens is 316 g/mol. The van der Waals surface area contributed by atoms with Gasteiger partial charge in [-0.25, -0.2) is 0 Å². The number of hydrogen-bond acceptors (Lipinski definition) is 3. The topological polar surface area (TPSA) is 67.4 Å². The fraction of sp³-hybridized carbons (Fsp3) is 0.176. The number of hydrogen-bond donors (Lipinski definition) is 2. The van der Waals surface area contributed by atoms with Crippen molar-refractivity contribution in [1.29, 1.82) is 0 Å². The minimum absolute atomic E-state index is 0.216. The molecule has 0 heterocycles. The van der Waals surface area contributed by atoms with Crippen LogP contribution in [0.1, 0.15) is 22.8 Å². The van der Waals surface area contributed by atoms with Gasteiger partial charge in [0, 0.05) is 23.3 Å². The van der Waals surface area contributed by atoms with Crippen LogP contribution in [0.25, 0.3) is 0 Å². The summed E-state index contributed by atoms with van der Waals surface area (Å²) in [5.41, 5.74) is 2.34. The molecule has 2 rings (SSSR count). The summed E-state index contributed by atoms with van der Waals surface area (Å²) in [4.78, 5) is 23.6. The first kappa shape index (κ1) is 16.8. The van der Waals surface area contributed by atoms with Crippen LogP contribution in [0.2, 0.25) is 5.02 Å². The van der Waals surface area contributed by atoms with E-state index in [4.69, 9.17) is 16.3 Å². The van der Waals surface area contributed by atoms with Crippen LogP contribution in [0, 0.1) is 6.92 Å². The van der Waals surface area contributed by atoms with Crippen molar-refractivity contribution in [2.75, 3.05) is 17.7 Å². The highest BCUT2D eigenvalue weighted by molar-refractivity contribution is 6.31. The van der Waals surface area contributed by atoms with Crippen LogP contribution >= 0.6 is 11.6 Å². The molecule has 0 spiro atoms. The Balaban J connectivity index is 2.29. The van der Waals surface area contributed by atoms with E-state index in [1.165, 1.54) is 14.0 Å². The molecule has 2 N–H and O–H groups in total. The molecule has 0 atom stereocenters. The number of nitrogens with one attached hydrogen (secondary N) is 2. The summed E-state index contributed by atoms with van der Waals surface area (Å²) in [5.74, 6) is -0.157. The summed E-state index contributed by atoms with van der Waals surface area (Å²) < 4.78 is 5.21. The van der Waals surface area contributed by atoms with Gasteiger partial charge in [0.25, 0.3) is 5.91 Å². The Hall–Kier alpha value is -2.53. The van der Waals surface area contributed by atoms with Gasteiger partial charge in [-0.2, -0.15) is 0 Å². The van der Waals surface area contributed by atoms with Crippen LogP contribution in [-0.2, 0) is 4.79 Å². The quantitative estimate of drug-likeness (QED) is 0.893. The normalized spacial score (nSPS) is 10.1. The van der Waals surface area contributed by atoms with Crippen LogP contribution in [-0.4, -0.2) is 18.9 Å². The number of carbonyl (C=O) groups is 2. The molecule has 0 aliphatic heterocycles. The minimum atomic E-state index is -0.353. The van der Waals surface area contributed by atoms with Gasteiger partial charge in [-0.1, -0.05) is 17.7 Å². The lowest BCUT2D eigenvalue weighted by Gasteiger charge is -2.12. The van der Waals surface area contributed by atoms with E-state index in [0.29, 0.717) is 27.7 Å². The first-order chi connectivity index (χ1) is 10.9. The van der Waals surface area contributed by atoms with E-state index in [-0.39, 0.29) is 11.8 Å². The first-order valence-corrected chi connectivity index (χ1v) is 7.31. The maximum Gasteiger partial charge on any atom is 0.259 e. The van der Waals surface area contributed by atoms with Crippen molar-refractivity contribution in [2.24, 2.45) is 0 Å². The Morgan fingerprint density at radius 2 is 1.70 bits per heavy atom. The summed E-state index contributed by atoms with van der Waals surface area (Å²) >= 11 is 6.06. The zero-order chi connectivity index (χ0) is 17.0. The van der Waals surface area contributed by atoms with E-state index in [2.05, 4.69) is 10.6 Å². The van der Waals surface area contributed by atoms with E-state index in [1.54, 1.807) is 30.3 Å². The molecule has 0 fully saturated rings. The van der Waals surface area contributed by atoms with E-state index in [9.17, 15) is 9.59 Å². The van der Waals surface area contributed by atoms with E-state index < -0.39 is 0 Å². The van der Waals surface area contributed by atoms with Gasteiger partial charge >= 0.3 is 0 Å². The molecule has 0 bridgehead atoms.